The number of aliphatic hydroxyl groups excluding tert-OH is 1. The van der Waals surface area contributed by atoms with Crippen LogP contribution in [0.1, 0.15) is 40.0 Å². The van der Waals surface area contributed by atoms with Gasteiger partial charge in [-0.3, -0.25) is 0 Å². The van der Waals surface area contributed by atoms with Gasteiger partial charge in [0.15, 0.2) is 0 Å². The third kappa shape index (κ3) is 11.8. The van der Waals surface area contributed by atoms with E-state index in [-0.39, 0.29) is 6.10 Å². The van der Waals surface area contributed by atoms with Gasteiger partial charge < -0.3 is 15.2 Å². The van der Waals surface area contributed by atoms with Crippen molar-refractivity contribution >= 4 is 0 Å². The van der Waals surface area contributed by atoms with Crippen molar-refractivity contribution in [1.29, 1.82) is 0 Å². The minimum atomic E-state index is -0.203. The molecule has 2 N–H and O–H groups in total. The number of nitrogens with one attached hydrogen (secondary N) is 1. The lowest BCUT2D eigenvalue weighted by Gasteiger charge is -2.11. The van der Waals surface area contributed by atoms with E-state index in [4.69, 9.17) is 4.74 Å². The van der Waals surface area contributed by atoms with Crippen molar-refractivity contribution in [2.75, 3.05) is 26.3 Å². The summed E-state index contributed by atoms with van der Waals surface area (Å²) in [4.78, 5) is 0. The SMILES string of the molecule is CCCC(O)CNCCOCCC(C)C. The second kappa shape index (κ2) is 10.4. The van der Waals surface area contributed by atoms with Crippen molar-refractivity contribution in [3.63, 3.8) is 0 Å². The average Bonchev–Trinajstić information content (AvgIpc) is 2.16. The molecule has 0 fully saturated rings. The molecular weight excluding hydrogens is 190 g/mol. The molecule has 0 bridgehead atoms. The average molecular weight is 217 g/mol. The highest BCUT2D eigenvalue weighted by molar-refractivity contribution is 4.58. The molecular formula is C12H27NO2. The Hall–Kier alpha value is -0.120. The normalized spacial score (nSPS) is 13.4. The van der Waals surface area contributed by atoms with Crippen molar-refractivity contribution in [2.45, 2.75) is 46.1 Å². The fraction of sp³-hybridized carbons (Fsp3) is 1.00. The fourth-order valence-electron chi connectivity index (χ4n) is 1.27. The zero-order valence-electron chi connectivity index (χ0n) is 10.5. The van der Waals surface area contributed by atoms with E-state index >= 15 is 0 Å². The molecule has 0 aliphatic carbocycles. The Morgan fingerprint density at radius 3 is 2.53 bits per heavy atom. The number of rotatable bonds is 10. The minimum Gasteiger partial charge on any atom is -0.392 e. The lowest BCUT2D eigenvalue weighted by atomic mass is 10.1. The lowest BCUT2D eigenvalue weighted by Crippen LogP contribution is -2.29. The van der Waals surface area contributed by atoms with E-state index in [1.54, 1.807) is 0 Å². The third-order valence-corrected chi connectivity index (χ3v) is 2.26. The summed E-state index contributed by atoms with van der Waals surface area (Å²) in [5.74, 6) is 0.712. The first-order valence-corrected chi connectivity index (χ1v) is 6.13. The van der Waals surface area contributed by atoms with Crippen molar-refractivity contribution in [2.24, 2.45) is 5.92 Å². The van der Waals surface area contributed by atoms with Gasteiger partial charge in [0.1, 0.15) is 0 Å². The minimum absolute atomic E-state index is 0.203. The molecule has 3 nitrogen and oxygen atoms in total. The van der Waals surface area contributed by atoms with Crippen molar-refractivity contribution in [3.05, 3.63) is 0 Å². The summed E-state index contributed by atoms with van der Waals surface area (Å²) in [6, 6.07) is 0. The van der Waals surface area contributed by atoms with Crippen LogP contribution in [0.25, 0.3) is 0 Å². The summed E-state index contributed by atoms with van der Waals surface area (Å²) in [5.41, 5.74) is 0. The van der Waals surface area contributed by atoms with E-state index in [2.05, 4.69) is 26.1 Å². The Balaban J connectivity index is 3.04. The Kier molecular flexibility index (Phi) is 10.3. The molecule has 0 spiro atoms. The molecule has 1 unspecified atom stereocenters. The first-order valence-electron chi connectivity index (χ1n) is 6.13. The summed E-state index contributed by atoms with van der Waals surface area (Å²) in [5, 5.41) is 12.6. The monoisotopic (exact) mass is 217 g/mol. The molecule has 1 atom stereocenters. The van der Waals surface area contributed by atoms with Gasteiger partial charge in [0.2, 0.25) is 0 Å². The van der Waals surface area contributed by atoms with Gasteiger partial charge in [-0.1, -0.05) is 27.2 Å². The van der Waals surface area contributed by atoms with Gasteiger partial charge >= 0.3 is 0 Å². The predicted molar refractivity (Wildman–Crippen MR) is 64.1 cm³/mol. The van der Waals surface area contributed by atoms with Gasteiger partial charge in [-0.25, -0.2) is 0 Å². The molecule has 0 saturated heterocycles. The highest BCUT2D eigenvalue weighted by Crippen LogP contribution is 1.98. The molecule has 0 aliphatic rings. The van der Waals surface area contributed by atoms with Crippen LogP contribution < -0.4 is 5.32 Å². The standard InChI is InChI=1S/C12H27NO2/c1-4-5-12(14)10-13-7-9-15-8-6-11(2)3/h11-14H,4-10H2,1-3H3. The first kappa shape index (κ1) is 14.9. The smallest absolute Gasteiger partial charge is 0.0664 e. The maximum atomic E-state index is 9.42. The van der Waals surface area contributed by atoms with Crippen LogP contribution in [0.3, 0.4) is 0 Å². The molecule has 92 valence electrons. The van der Waals surface area contributed by atoms with Crippen LogP contribution >= 0.6 is 0 Å². The van der Waals surface area contributed by atoms with Crippen molar-refractivity contribution < 1.29 is 9.84 Å². The molecule has 0 saturated carbocycles. The van der Waals surface area contributed by atoms with Gasteiger partial charge in [-0.2, -0.15) is 0 Å². The molecule has 0 radical (unpaired) electrons. The lowest BCUT2D eigenvalue weighted by molar-refractivity contribution is 0.117. The van der Waals surface area contributed by atoms with Crippen LogP contribution in [0.15, 0.2) is 0 Å². The van der Waals surface area contributed by atoms with E-state index in [1.807, 2.05) is 0 Å². The Morgan fingerprint density at radius 1 is 1.20 bits per heavy atom. The molecule has 0 aliphatic heterocycles. The van der Waals surface area contributed by atoms with E-state index in [1.165, 1.54) is 0 Å². The van der Waals surface area contributed by atoms with Crippen LogP contribution in [0.4, 0.5) is 0 Å². The maximum Gasteiger partial charge on any atom is 0.0664 e. The third-order valence-electron chi connectivity index (χ3n) is 2.26. The van der Waals surface area contributed by atoms with Crippen LogP contribution in [-0.4, -0.2) is 37.5 Å². The second-order valence-electron chi connectivity index (χ2n) is 4.44. The van der Waals surface area contributed by atoms with E-state index in [0.717, 1.165) is 39.0 Å². The fourth-order valence-corrected chi connectivity index (χ4v) is 1.27. The van der Waals surface area contributed by atoms with Gasteiger partial charge in [-0.15, -0.1) is 0 Å². The number of aliphatic hydroxyl groups is 1. The van der Waals surface area contributed by atoms with Gasteiger partial charge in [0.25, 0.3) is 0 Å². The van der Waals surface area contributed by atoms with Crippen molar-refractivity contribution in [1.82, 2.24) is 5.32 Å². The Labute approximate surface area is 94.2 Å². The van der Waals surface area contributed by atoms with Gasteiger partial charge in [0.05, 0.1) is 12.7 Å². The maximum absolute atomic E-state index is 9.42. The van der Waals surface area contributed by atoms with Gasteiger partial charge in [-0.05, 0) is 18.8 Å². The molecule has 0 rings (SSSR count). The van der Waals surface area contributed by atoms with Crippen LogP contribution in [-0.2, 0) is 4.74 Å². The highest BCUT2D eigenvalue weighted by Gasteiger charge is 2.00. The Morgan fingerprint density at radius 2 is 1.93 bits per heavy atom. The molecule has 0 aromatic carbocycles. The Bertz CT molecular complexity index is 129. The number of ether oxygens (including phenoxy) is 1. The summed E-state index contributed by atoms with van der Waals surface area (Å²) in [7, 11) is 0. The molecule has 0 amide bonds. The molecule has 0 aromatic heterocycles. The molecule has 15 heavy (non-hydrogen) atoms. The zero-order valence-corrected chi connectivity index (χ0v) is 10.5. The van der Waals surface area contributed by atoms with Crippen LogP contribution in [0.5, 0.6) is 0 Å². The summed E-state index contributed by atoms with van der Waals surface area (Å²) in [6.45, 7) is 9.58. The topological polar surface area (TPSA) is 41.5 Å². The number of hydrogen-bond donors (Lipinski definition) is 2. The van der Waals surface area contributed by atoms with E-state index in [0.29, 0.717) is 12.5 Å². The van der Waals surface area contributed by atoms with E-state index < -0.39 is 0 Å². The molecule has 0 aromatic rings. The largest absolute Gasteiger partial charge is 0.392 e. The summed E-state index contributed by atoms with van der Waals surface area (Å²) < 4.78 is 5.44. The van der Waals surface area contributed by atoms with Crippen LogP contribution in [0.2, 0.25) is 0 Å². The predicted octanol–water partition coefficient (Wildman–Crippen LogP) is 1.80. The molecule has 3 heteroatoms. The molecule has 0 heterocycles. The second-order valence-corrected chi connectivity index (χ2v) is 4.44. The van der Waals surface area contributed by atoms with Gasteiger partial charge in [0, 0.05) is 19.7 Å². The quantitative estimate of drug-likeness (QED) is 0.548. The van der Waals surface area contributed by atoms with E-state index in [9.17, 15) is 5.11 Å². The summed E-state index contributed by atoms with van der Waals surface area (Å²) >= 11 is 0. The van der Waals surface area contributed by atoms with Crippen molar-refractivity contribution in [3.8, 4) is 0 Å². The number of hydrogen-bond acceptors (Lipinski definition) is 3. The zero-order chi connectivity index (χ0) is 11.5. The van der Waals surface area contributed by atoms with Crippen LogP contribution in [0, 0.1) is 5.92 Å². The highest BCUT2D eigenvalue weighted by atomic mass is 16.5. The summed E-state index contributed by atoms with van der Waals surface area (Å²) in [6.07, 6.45) is 2.83. The first-order chi connectivity index (χ1) is 7.16.